The van der Waals surface area contributed by atoms with Crippen molar-refractivity contribution in [3.05, 3.63) is 52.4 Å². The summed E-state index contributed by atoms with van der Waals surface area (Å²) in [5, 5.41) is 2.97. The van der Waals surface area contributed by atoms with Gasteiger partial charge >= 0.3 is 0 Å². The van der Waals surface area contributed by atoms with E-state index in [1.807, 2.05) is 44.2 Å². The Morgan fingerprint density at radius 2 is 1.53 bits per heavy atom. The molecule has 0 saturated carbocycles. The van der Waals surface area contributed by atoms with Crippen LogP contribution in [0.3, 0.4) is 0 Å². The highest BCUT2D eigenvalue weighted by Crippen LogP contribution is 2.28. The molecule has 0 saturated heterocycles. The Kier molecular flexibility index (Phi) is 2.91. The van der Waals surface area contributed by atoms with Gasteiger partial charge in [-0.2, -0.15) is 0 Å². The molecule has 0 unspecified atom stereocenters. The fourth-order valence-electron chi connectivity index (χ4n) is 1.79. The molecule has 0 radical (unpaired) electrons. The molecule has 0 aromatic heterocycles. The van der Waals surface area contributed by atoms with Crippen LogP contribution in [0.4, 0.5) is 11.4 Å². The zero-order chi connectivity index (χ0) is 12.4. The average molecular weight is 226 g/mol. The number of anilines is 1. The number of benzene rings is 2. The highest BCUT2D eigenvalue weighted by Gasteiger charge is 2.03. The first-order valence-electron chi connectivity index (χ1n) is 5.42. The summed E-state index contributed by atoms with van der Waals surface area (Å²) in [6, 6.07) is 11.5. The number of hydrogen-bond acceptors (Lipinski definition) is 3. The molecule has 86 valence electrons. The Bertz CT molecular complexity index is 576. The zero-order valence-corrected chi connectivity index (χ0v) is 9.90. The van der Waals surface area contributed by atoms with Crippen molar-refractivity contribution in [1.82, 2.24) is 0 Å². The number of nitrogen functional groups attached to an aromatic ring is 1. The second-order valence-corrected chi connectivity index (χ2v) is 4.16. The van der Waals surface area contributed by atoms with Crippen molar-refractivity contribution in [1.29, 1.82) is 0 Å². The van der Waals surface area contributed by atoms with Gasteiger partial charge in [0.1, 0.15) is 5.69 Å². The van der Waals surface area contributed by atoms with E-state index in [4.69, 9.17) is 5.73 Å². The highest BCUT2D eigenvalue weighted by atomic mass is 16.3. The molecule has 0 aliphatic carbocycles. The van der Waals surface area contributed by atoms with Gasteiger partial charge in [0, 0.05) is 5.69 Å². The van der Waals surface area contributed by atoms with Gasteiger partial charge in [-0.15, -0.1) is 4.91 Å². The van der Waals surface area contributed by atoms with Crippen molar-refractivity contribution in [3.8, 4) is 11.1 Å². The van der Waals surface area contributed by atoms with Crippen molar-refractivity contribution in [3.63, 3.8) is 0 Å². The predicted molar refractivity (Wildman–Crippen MR) is 71.2 cm³/mol. The van der Waals surface area contributed by atoms with Gasteiger partial charge < -0.3 is 5.73 Å². The molecule has 0 amide bonds. The molecule has 0 bridgehead atoms. The summed E-state index contributed by atoms with van der Waals surface area (Å²) in [7, 11) is 0. The van der Waals surface area contributed by atoms with Gasteiger partial charge in [0.05, 0.1) is 0 Å². The number of nitrogens with two attached hydrogens (primary N) is 1. The Labute approximate surface area is 100 Å². The second-order valence-electron chi connectivity index (χ2n) is 4.16. The maximum Gasteiger partial charge on any atom is 0.110 e. The summed E-state index contributed by atoms with van der Waals surface area (Å²) < 4.78 is 0. The number of rotatable bonds is 2. The van der Waals surface area contributed by atoms with Gasteiger partial charge in [-0.1, -0.05) is 12.1 Å². The standard InChI is InChI=1S/C14H14N2O/c1-9-7-11(3-5-13(9)15)12-4-6-14(16-17)10(2)8-12/h3-8H,15H2,1-2H3. The van der Waals surface area contributed by atoms with Crippen LogP contribution in [0, 0.1) is 18.8 Å². The van der Waals surface area contributed by atoms with Gasteiger partial charge in [-0.3, -0.25) is 0 Å². The van der Waals surface area contributed by atoms with Crippen LogP contribution in [0.2, 0.25) is 0 Å². The third kappa shape index (κ3) is 2.18. The van der Waals surface area contributed by atoms with Crippen LogP contribution in [0.1, 0.15) is 11.1 Å². The largest absolute Gasteiger partial charge is 0.399 e. The first-order valence-corrected chi connectivity index (χ1v) is 5.42. The van der Waals surface area contributed by atoms with Crippen LogP contribution in [0.15, 0.2) is 41.6 Å². The molecule has 2 aromatic carbocycles. The molecule has 17 heavy (non-hydrogen) atoms. The summed E-state index contributed by atoms with van der Waals surface area (Å²) in [6.07, 6.45) is 0. The lowest BCUT2D eigenvalue weighted by atomic mass is 10.0. The molecule has 2 N–H and O–H groups in total. The maximum atomic E-state index is 10.5. The fourth-order valence-corrected chi connectivity index (χ4v) is 1.79. The smallest absolute Gasteiger partial charge is 0.110 e. The Morgan fingerprint density at radius 3 is 2.06 bits per heavy atom. The molecule has 3 nitrogen and oxygen atoms in total. The van der Waals surface area contributed by atoms with E-state index >= 15 is 0 Å². The normalized spacial score (nSPS) is 10.2. The molecular weight excluding hydrogens is 212 g/mol. The molecule has 0 aliphatic rings. The zero-order valence-electron chi connectivity index (χ0n) is 9.90. The second kappa shape index (κ2) is 4.37. The van der Waals surface area contributed by atoms with E-state index in [2.05, 4.69) is 5.18 Å². The van der Waals surface area contributed by atoms with E-state index in [1.165, 1.54) is 0 Å². The lowest BCUT2D eigenvalue weighted by molar-refractivity contribution is 1.38. The first kappa shape index (κ1) is 11.3. The van der Waals surface area contributed by atoms with E-state index in [9.17, 15) is 4.91 Å². The molecule has 0 atom stereocenters. The number of aryl methyl sites for hydroxylation is 2. The highest BCUT2D eigenvalue weighted by molar-refractivity contribution is 5.70. The van der Waals surface area contributed by atoms with Crippen LogP contribution >= 0.6 is 0 Å². The molecule has 0 spiro atoms. The van der Waals surface area contributed by atoms with E-state index in [1.54, 1.807) is 6.07 Å². The molecule has 0 aliphatic heterocycles. The molecule has 2 rings (SSSR count). The summed E-state index contributed by atoms with van der Waals surface area (Å²) in [5.74, 6) is 0. The van der Waals surface area contributed by atoms with Crippen LogP contribution in [0.25, 0.3) is 11.1 Å². The molecule has 0 heterocycles. The topological polar surface area (TPSA) is 55.5 Å². The minimum absolute atomic E-state index is 0.487. The number of nitrogens with zero attached hydrogens (tertiary/aromatic N) is 1. The molecule has 3 heteroatoms. The monoisotopic (exact) mass is 226 g/mol. The number of hydrogen-bond donors (Lipinski definition) is 1. The molecule has 0 fully saturated rings. The average Bonchev–Trinajstić information content (AvgIpc) is 2.32. The summed E-state index contributed by atoms with van der Waals surface area (Å²) in [4.78, 5) is 10.5. The summed E-state index contributed by atoms with van der Waals surface area (Å²) >= 11 is 0. The molecule has 2 aromatic rings. The van der Waals surface area contributed by atoms with Crippen molar-refractivity contribution >= 4 is 11.4 Å². The van der Waals surface area contributed by atoms with Gasteiger partial charge in [0.15, 0.2) is 0 Å². The quantitative estimate of drug-likeness (QED) is 0.622. The lowest BCUT2D eigenvalue weighted by Gasteiger charge is -2.07. The van der Waals surface area contributed by atoms with Crippen molar-refractivity contribution in [2.24, 2.45) is 5.18 Å². The van der Waals surface area contributed by atoms with Crippen LogP contribution in [-0.4, -0.2) is 0 Å². The third-order valence-electron chi connectivity index (χ3n) is 2.90. The van der Waals surface area contributed by atoms with Gasteiger partial charge in [0.2, 0.25) is 0 Å². The SMILES string of the molecule is Cc1cc(-c2ccc(N=O)c(C)c2)ccc1N. The molecular formula is C14H14N2O. The van der Waals surface area contributed by atoms with Crippen LogP contribution < -0.4 is 5.73 Å². The Morgan fingerprint density at radius 1 is 0.941 bits per heavy atom. The number of nitroso groups, excluding NO2 is 1. The van der Waals surface area contributed by atoms with E-state index in [-0.39, 0.29) is 0 Å². The Balaban J connectivity index is 2.49. The Hall–Kier alpha value is -2.16. The minimum atomic E-state index is 0.487. The first-order chi connectivity index (χ1) is 8.11. The van der Waals surface area contributed by atoms with Gasteiger partial charge in [-0.05, 0) is 65.5 Å². The van der Waals surface area contributed by atoms with E-state index in [0.29, 0.717) is 5.69 Å². The summed E-state index contributed by atoms with van der Waals surface area (Å²) in [5.41, 5.74) is 11.2. The lowest BCUT2D eigenvalue weighted by Crippen LogP contribution is -1.89. The van der Waals surface area contributed by atoms with Crippen molar-refractivity contribution in [2.75, 3.05) is 5.73 Å². The third-order valence-corrected chi connectivity index (χ3v) is 2.90. The van der Waals surface area contributed by atoms with Gasteiger partial charge in [0.25, 0.3) is 0 Å². The van der Waals surface area contributed by atoms with Crippen molar-refractivity contribution < 1.29 is 0 Å². The van der Waals surface area contributed by atoms with Crippen LogP contribution in [0.5, 0.6) is 0 Å². The fraction of sp³-hybridized carbons (Fsp3) is 0.143. The van der Waals surface area contributed by atoms with E-state index < -0.39 is 0 Å². The minimum Gasteiger partial charge on any atom is -0.399 e. The maximum absolute atomic E-state index is 10.5. The van der Waals surface area contributed by atoms with Crippen LogP contribution in [-0.2, 0) is 0 Å². The van der Waals surface area contributed by atoms with E-state index in [0.717, 1.165) is 27.9 Å². The summed E-state index contributed by atoms with van der Waals surface area (Å²) in [6.45, 7) is 3.86. The van der Waals surface area contributed by atoms with Gasteiger partial charge in [-0.25, -0.2) is 0 Å². The van der Waals surface area contributed by atoms with Crippen molar-refractivity contribution in [2.45, 2.75) is 13.8 Å². The predicted octanol–water partition coefficient (Wildman–Crippen LogP) is 3.95.